The summed E-state index contributed by atoms with van der Waals surface area (Å²) in [6.07, 6.45) is -2.58. The number of carbonyl (C=O) groups excluding carboxylic acids is 1. The van der Waals surface area contributed by atoms with Crippen molar-refractivity contribution in [2.75, 3.05) is 16.9 Å². The van der Waals surface area contributed by atoms with Crippen LogP contribution in [0.4, 0.5) is 34.8 Å². The first-order valence-electron chi connectivity index (χ1n) is 10.8. The van der Waals surface area contributed by atoms with E-state index in [0.29, 0.717) is 11.3 Å². The van der Waals surface area contributed by atoms with Crippen LogP contribution in [0.1, 0.15) is 24.4 Å². The predicted octanol–water partition coefficient (Wildman–Crippen LogP) is 4.33. The number of pyridine rings is 1. The number of nitrogens with one attached hydrogen (secondary N) is 4. The monoisotopic (exact) mass is 537 g/mol. The molecule has 37 heavy (non-hydrogen) atoms. The van der Waals surface area contributed by atoms with Gasteiger partial charge < -0.3 is 15.6 Å². The standard InChI is InChI=1S/C22H19F4N7O3S/c1-9-5-13(33-32-9)10-3-4-12(15(6-10)37(2,35)36)27-14-7-16(29-21(34)11-8-22(11,25)26)28-19-17(14)30-20(31-19)18(23)24/h3-7,11,18H,8H2,1-2H3,(H,32,33)(H3,27,28,29,30,31,34). The van der Waals surface area contributed by atoms with Crippen LogP contribution in [0.25, 0.3) is 22.4 Å². The van der Waals surface area contributed by atoms with Crippen molar-refractivity contribution in [3.63, 3.8) is 0 Å². The van der Waals surface area contributed by atoms with Crippen LogP contribution in [0, 0.1) is 12.8 Å². The first-order chi connectivity index (χ1) is 17.3. The molecule has 1 aromatic carbocycles. The highest BCUT2D eigenvalue weighted by atomic mass is 32.2. The van der Waals surface area contributed by atoms with Crippen molar-refractivity contribution in [1.29, 1.82) is 0 Å². The SMILES string of the molecule is Cc1cc(-c2ccc(Nc3cc(NC(=O)C4CC4(F)F)nc4nc(C(F)F)[nH]c34)c(S(C)(=O)=O)c2)n[nH]1. The molecule has 0 aliphatic heterocycles. The Morgan fingerprint density at radius 1 is 1.16 bits per heavy atom. The van der Waals surface area contributed by atoms with Gasteiger partial charge in [-0.2, -0.15) is 5.10 Å². The van der Waals surface area contributed by atoms with E-state index in [1.54, 1.807) is 19.1 Å². The maximum Gasteiger partial charge on any atom is 0.295 e. The van der Waals surface area contributed by atoms with E-state index < -0.39 is 46.3 Å². The summed E-state index contributed by atoms with van der Waals surface area (Å²) in [5.41, 5.74) is 1.68. The van der Waals surface area contributed by atoms with E-state index >= 15 is 0 Å². The molecular formula is C22H19F4N7O3S. The molecule has 1 amide bonds. The lowest BCUT2D eigenvalue weighted by atomic mass is 10.1. The number of halogens is 4. The first-order valence-corrected chi connectivity index (χ1v) is 12.7. The number of imidazole rings is 1. The molecule has 4 N–H and O–H groups in total. The van der Waals surface area contributed by atoms with Crippen LogP contribution in [-0.2, 0) is 14.6 Å². The molecular weight excluding hydrogens is 518 g/mol. The fourth-order valence-electron chi connectivity index (χ4n) is 3.79. The summed E-state index contributed by atoms with van der Waals surface area (Å²) in [6, 6.07) is 7.43. The van der Waals surface area contributed by atoms with Gasteiger partial charge in [-0.1, -0.05) is 6.07 Å². The quantitative estimate of drug-likeness (QED) is 0.257. The summed E-state index contributed by atoms with van der Waals surface area (Å²) in [7, 11) is -3.80. The predicted molar refractivity (Wildman–Crippen MR) is 126 cm³/mol. The highest BCUT2D eigenvalue weighted by molar-refractivity contribution is 7.90. The number of carbonyl (C=O) groups is 1. The number of sulfone groups is 1. The number of aromatic nitrogens is 5. The molecule has 1 unspecified atom stereocenters. The molecule has 0 radical (unpaired) electrons. The minimum atomic E-state index is -3.80. The average molecular weight is 537 g/mol. The molecule has 15 heteroatoms. The second-order valence-corrected chi connectivity index (χ2v) is 10.7. The topological polar surface area (TPSA) is 146 Å². The van der Waals surface area contributed by atoms with Gasteiger partial charge in [0.2, 0.25) is 5.91 Å². The van der Waals surface area contributed by atoms with Crippen LogP contribution < -0.4 is 10.6 Å². The first kappa shape index (κ1) is 24.7. The van der Waals surface area contributed by atoms with Gasteiger partial charge >= 0.3 is 0 Å². The van der Waals surface area contributed by atoms with E-state index in [1.807, 2.05) is 0 Å². The third-order valence-electron chi connectivity index (χ3n) is 5.73. The van der Waals surface area contributed by atoms with Crippen LogP contribution >= 0.6 is 0 Å². The van der Waals surface area contributed by atoms with Crippen LogP contribution in [0.5, 0.6) is 0 Å². The summed E-state index contributed by atoms with van der Waals surface area (Å²) >= 11 is 0. The normalized spacial score (nSPS) is 16.8. The third kappa shape index (κ3) is 4.85. The number of rotatable bonds is 7. The maximum absolute atomic E-state index is 13.3. The molecule has 0 saturated heterocycles. The number of aromatic amines is 2. The summed E-state index contributed by atoms with van der Waals surface area (Å²) in [6.45, 7) is 1.79. The number of aryl methyl sites for hydroxylation is 1. The summed E-state index contributed by atoms with van der Waals surface area (Å²) in [5, 5.41) is 12.0. The average Bonchev–Trinajstić information content (AvgIpc) is 3.14. The van der Waals surface area contributed by atoms with Crippen molar-refractivity contribution in [3.05, 3.63) is 41.9 Å². The molecule has 0 spiro atoms. The number of anilines is 3. The highest BCUT2D eigenvalue weighted by Crippen LogP contribution is 2.49. The van der Waals surface area contributed by atoms with Crippen molar-refractivity contribution in [2.24, 2.45) is 5.92 Å². The minimum Gasteiger partial charge on any atom is -0.353 e. The van der Waals surface area contributed by atoms with E-state index in [0.717, 1.165) is 11.9 Å². The van der Waals surface area contributed by atoms with Gasteiger partial charge in [-0.25, -0.2) is 35.9 Å². The second-order valence-electron chi connectivity index (χ2n) is 8.73. The van der Waals surface area contributed by atoms with E-state index in [2.05, 4.69) is 35.8 Å². The van der Waals surface area contributed by atoms with Gasteiger partial charge in [0, 0.05) is 30.0 Å². The molecule has 4 aromatic rings. The Bertz CT molecular complexity index is 1650. The lowest BCUT2D eigenvalue weighted by Gasteiger charge is -2.14. The zero-order valence-corrected chi connectivity index (χ0v) is 20.1. The van der Waals surface area contributed by atoms with Crippen LogP contribution in [0.2, 0.25) is 0 Å². The number of nitrogens with zero attached hydrogens (tertiary/aromatic N) is 3. The van der Waals surface area contributed by atoms with Gasteiger partial charge in [-0.15, -0.1) is 0 Å². The number of alkyl halides is 4. The Hall–Kier alpha value is -4.01. The zero-order chi connectivity index (χ0) is 26.7. The van der Waals surface area contributed by atoms with Gasteiger partial charge in [0.05, 0.1) is 22.0 Å². The molecule has 1 aliphatic rings. The molecule has 3 heterocycles. The van der Waals surface area contributed by atoms with Gasteiger partial charge in [0.15, 0.2) is 21.3 Å². The Morgan fingerprint density at radius 2 is 1.89 bits per heavy atom. The molecule has 194 valence electrons. The molecule has 1 saturated carbocycles. The Morgan fingerprint density at radius 3 is 2.49 bits per heavy atom. The van der Waals surface area contributed by atoms with E-state index in [9.17, 15) is 30.8 Å². The van der Waals surface area contributed by atoms with Crippen LogP contribution in [-0.4, -0.2) is 51.7 Å². The van der Waals surface area contributed by atoms with Crippen molar-refractivity contribution in [3.8, 4) is 11.3 Å². The van der Waals surface area contributed by atoms with Gasteiger partial charge in [-0.05, 0) is 25.1 Å². The number of hydrogen-bond donors (Lipinski definition) is 4. The lowest BCUT2D eigenvalue weighted by Crippen LogP contribution is -2.18. The van der Waals surface area contributed by atoms with Gasteiger partial charge in [-0.3, -0.25) is 9.89 Å². The van der Waals surface area contributed by atoms with Crippen molar-refractivity contribution >= 4 is 44.1 Å². The number of hydrogen-bond acceptors (Lipinski definition) is 7. The number of H-pyrrole nitrogens is 2. The summed E-state index contributed by atoms with van der Waals surface area (Å²) < 4.78 is 78.5. The van der Waals surface area contributed by atoms with E-state index in [-0.39, 0.29) is 33.3 Å². The van der Waals surface area contributed by atoms with E-state index in [1.165, 1.54) is 18.2 Å². The molecule has 5 rings (SSSR count). The van der Waals surface area contributed by atoms with Gasteiger partial charge in [0.1, 0.15) is 17.3 Å². The summed E-state index contributed by atoms with van der Waals surface area (Å²) in [4.78, 5) is 22.2. The fourth-order valence-corrected chi connectivity index (χ4v) is 4.65. The van der Waals surface area contributed by atoms with Crippen molar-refractivity contribution in [1.82, 2.24) is 25.1 Å². The molecule has 1 atom stereocenters. The Kier molecular flexibility index (Phi) is 5.69. The number of benzene rings is 1. The molecule has 0 bridgehead atoms. The van der Waals surface area contributed by atoms with Crippen LogP contribution in [0.15, 0.2) is 35.2 Å². The second kappa shape index (κ2) is 8.54. The molecule has 10 nitrogen and oxygen atoms in total. The zero-order valence-electron chi connectivity index (χ0n) is 19.2. The fraction of sp³-hybridized carbons (Fsp3) is 0.273. The van der Waals surface area contributed by atoms with E-state index in [4.69, 9.17) is 0 Å². The summed E-state index contributed by atoms with van der Waals surface area (Å²) in [5.74, 6) is -6.56. The lowest BCUT2D eigenvalue weighted by molar-refractivity contribution is -0.119. The Balaban J connectivity index is 1.57. The number of fused-ring (bicyclic) bond motifs is 1. The Labute approximate surface area is 206 Å². The number of amides is 1. The molecule has 1 fully saturated rings. The maximum atomic E-state index is 13.3. The largest absolute Gasteiger partial charge is 0.353 e. The third-order valence-corrected chi connectivity index (χ3v) is 6.87. The van der Waals surface area contributed by atoms with Crippen molar-refractivity contribution in [2.45, 2.75) is 30.6 Å². The molecule has 3 aromatic heterocycles. The van der Waals surface area contributed by atoms with Crippen LogP contribution in [0.3, 0.4) is 0 Å². The van der Waals surface area contributed by atoms with Gasteiger partial charge in [0.25, 0.3) is 12.3 Å². The molecule has 1 aliphatic carbocycles. The minimum absolute atomic E-state index is 0.00324. The highest BCUT2D eigenvalue weighted by Gasteiger charge is 2.61. The van der Waals surface area contributed by atoms with Crippen molar-refractivity contribution < 1.29 is 30.8 Å². The smallest absolute Gasteiger partial charge is 0.295 e.